The number of pyridine rings is 1. The molecule has 3 aromatic heterocycles. The van der Waals surface area contributed by atoms with Crippen molar-refractivity contribution in [1.82, 2.24) is 14.5 Å². The molecule has 0 unspecified atom stereocenters. The summed E-state index contributed by atoms with van der Waals surface area (Å²) >= 11 is 0. The molecule has 6 heteroatoms. The van der Waals surface area contributed by atoms with E-state index in [-0.39, 0.29) is 43.1 Å². The van der Waals surface area contributed by atoms with E-state index in [4.69, 9.17) is 14.4 Å². The van der Waals surface area contributed by atoms with Gasteiger partial charge in [-0.2, -0.15) is 0 Å². The Morgan fingerprint density at radius 2 is 1.20 bits per heavy atom. The number of furan rings is 1. The molecule has 0 amide bonds. The van der Waals surface area contributed by atoms with Crippen LogP contribution in [0.3, 0.4) is 0 Å². The molecule has 0 radical (unpaired) electrons. The van der Waals surface area contributed by atoms with Crippen molar-refractivity contribution in [3.63, 3.8) is 0 Å². The van der Waals surface area contributed by atoms with Gasteiger partial charge in [0.25, 0.3) is 0 Å². The quantitative estimate of drug-likeness (QED) is 0.133. The molecule has 74 heavy (non-hydrogen) atoms. The fourth-order valence-corrected chi connectivity index (χ4v) is 10.6. The van der Waals surface area contributed by atoms with Crippen molar-refractivity contribution in [3.05, 3.63) is 205 Å². The molecular formula is C68H58N3O2Pt-. The van der Waals surface area contributed by atoms with Crippen LogP contribution in [0.15, 0.2) is 187 Å². The molecule has 0 aliphatic rings. The molecule has 1 N–H and O–H groups in total. The molecule has 0 aliphatic carbocycles. The molecule has 3 heterocycles. The van der Waals surface area contributed by atoms with Gasteiger partial charge in [0.15, 0.2) is 0 Å². The average molecular weight is 1140 g/mol. The molecule has 0 spiro atoms. The first-order valence-corrected chi connectivity index (χ1v) is 25.4. The smallest absolute Gasteiger partial charge is 0.148 e. The van der Waals surface area contributed by atoms with Crippen molar-refractivity contribution in [2.45, 2.75) is 78.6 Å². The maximum Gasteiger partial charge on any atom is 0.148 e. The summed E-state index contributed by atoms with van der Waals surface area (Å²) in [5.74, 6) is 0.888. The van der Waals surface area contributed by atoms with Gasteiger partial charge in [0.05, 0.1) is 27.9 Å². The van der Waals surface area contributed by atoms with Crippen molar-refractivity contribution in [2.24, 2.45) is 0 Å². The fraction of sp³-hybridized carbons (Fsp3) is 0.176. The number of para-hydroxylation sites is 1. The van der Waals surface area contributed by atoms with Gasteiger partial charge in [-0.1, -0.05) is 201 Å². The molecular weight excluding hydrogens is 1090 g/mol. The van der Waals surface area contributed by atoms with E-state index in [1.807, 2.05) is 12.3 Å². The van der Waals surface area contributed by atoms with E-state index in [0.717, 1.165) is 105 Å². The third kappa shape index (κ3) is 8.42. The van der Waals surface area contributed by atoms with E-state index in [2.05, 4.69) is 243 Å². The Labute approximate surface area is 447 Å². The van der Waals surface area contributed by atoms with Crippen LogP contribution in [0.4, 0.5) is 0 Å². The summed E-state index contributed by atoms with van der Waals surface area (Å²) in [4.78, 5) is 10.8. The topological polar surface area (TPSA) is 64.1 Å². The number of aromatic hydroxyl groups is 1. The maximum atomic E-state index is 12.7. The maximum absolute atomic E-state index is 12.7. The van der Waals surface area contributed by atoms with Crippen molar-refractivity contribution in [2.75, 3.05) is 0 Å². The van der Waals surface area contributed by atoms with Crippen LogP contribution >= 0.6 is 0 Å². The molecule has 9 aromatic carbocycles. The first kappa shape index (κ1) is 48.7. The second kappa shape index (κ2) is 18.1. The van der Waals surface area contributed by atoms with Crippen molar-refractivity contribution in [3.8, 4) is 67.5 Å². The summed E-state index contributed by atoms with van der Waals surface area (Å²) in [5.41, 5.74) is 15.0. The zero-order valence-electron chi connectivity index (χ0n) is 43.3. The first-order valence-electron chi connectivity index (χ1n) is 25.4. The van der Waals surface area contributed by atoms with Gasteiger partial charge in [-0.25, -0.2) is 4.98 Å². The zero-order chi connectivity index (χ0) is 50.6. The third-order valence-corrected chi connectivity index (χ3v) is 14.7. The Bertz CT molecular complexity index is 4150. The van der Waals surface area contributed by atoms with Gasteiger partial charge in [0.2, 0.25) is 0 Å². The summed E-state index contributed by atoms with van der Waals surface area (Å²) in [5, 5.41) is 19.3. The molecule has 12 rings (SSSR count). The molecule has 0 atom stereocenters. The van der Waals surface area contributed by atoms with Crippen LogP contribution in [0, 0.1) is 6.07 Å². The van der Waals surface area contributed by atoms with Gasteiger partial charge < -0.3 is 9.52 Å². The number of hydrogen-bond acceptors (Lipinski definition) is 4. The minimum atomic E-state index is -0.357. The molecule has 12 aromatic rings. The number of hydrogen-bond donors (Lipinski definition) is 1. The van der Waals surface area contributed by atoms with E-state index in [1.165, 1.54) is 16.3 Å². The first-order chi connectivity index (χ1) is 35.0. The van der Waals surface area contributed by atoms with Gasteiger partial charge in [-0.15, -0.1) is 17.7 Å². The average Bonchev–Trinajstić information content (AvgIpc) is 3.96. The molecule has 0 saturated carbocycles. The number of nitrogens with zero attached hydrogens (tertiary/aromatic N) is 3. The van der Waals surface area contributed by atoms with Gasteiger partial charge in [0, 0.05) is 49.5 Å². The number of rotatable bonds is 6. The van der Waals surface area contributed by atoms with Gasteiger partial charge in [0.1, 0.15) is 17.2 Å². The number of phenols is 1. The van der Waals surface area contributed by atoms with E-state index >= 15 is 0 Å². The summed E-state index contributed by atoms with van der Waals surface area (Å²) in [6, 6.07) is 66.3. The predicted octanol–water partition coefficient (Wildman–Crippen LogP) is 18.4. The van der Waals surface area contributed by atoms with E-state index in [0.29, 0.717) is 11.4 Å². The molecule has 0 bridgehead atoms. The van der Waals surface area contributed by atoms with Crippen LogP contribution in [0.2, 0.25) is 0 Å². The standard InChI is InChI=1S/C68H58N3O2.Pt/c1-66(2,3)47-29-30-59(52(37-47)42-21-14-11-15-22-42)71-60-26-18-25-50(62(60)70-65(71)56-38-48(67(4,5)6)39-57(63(56)72)68(7,8)9)46-34-54-53-33-45-28-27-43-23-16-17-24-49(43)51(45)40-61(53)73-64(54)55(35-46)58-36-44(31-32-69-58)41-19-12-10-13-20-41;/h10-34,36-40,72H,1-9H3;/q-1;. The van der Waals surface area contributed by atoms with Gasteiger partial charge in [-0.05, 0) is 113 Å². The predicted molar refractivity (Wildman–Crippen MR) is 305 cm³/mol. The van der Waals surface area contributed by atoms with Crippen LogP contribution < -0.4 is 0 Å². The SMILES string of the molecule is CC(C)(C)c1ccc(-n2c(-c3cc(C(C)(C)C)cc(C(C)(C)C)c3O)nc3c(-c4[c-]c(-c5cc(-c6ccccc6)ccn5)c5oc6cc7c(ccc8ccccc87)cc6c5c4)cccc32)c(-c2ccccc2)c1.[Pt]. The third-order valence-electron chi connectivity index (χ3n) is 14.7. The van der Waals surface area contributed by atoms with Crippen LogP contribution in [0.25, 0.3) is 116 Å². The Hall–Kier alpha value is -7.59. The minimum absolute atomic E-state index is 0. The summed E-state index contributed by atoms with van der Waals surface area (Å²) in [7, 11) is 0. The molecule has 0 aliphatic heterocycles. The van der Waals surface area contributed by atoms with Crippen LogP contribution in [0.5, 0.6) is 5.75 Å². The van der Waals surface area contributed by atoms with Gasteiger partial charge in [-0.3, -0.25) is 9.55 Å². The zero-order valence-corrected chi connectivity index (χ0v) is 45.6. The van der Waals surface area contributed by atoms with Gasteiger partial charge >= 0.3 is 0 Å². The van der Waals surface area contributed by atoms with Crippen LogP contribution in [-0.2, 0) is 37.3 Å². The Morgan fingerprint density at radius 1 is 0.514 bits per heavy atom. The second-order valence-corrected chi connectivity index (χ2v) is 22.8. The second-order valence-electron chi connectivity index (χ2n) is 22.8. The molecule has 0 fully saturated rings. The summed E-state index contributed by atoms with van der Waals surface area (Å²) in [6.45, 7) is 20.0. The van der Waals surface area contributed by atoms with E-state index in [9.17, 15) is 5.11 Å². The Morgan fingerprint density at radius 3 is 1.93 bits per heavy atom. The summed E-state index contributed by atoms with van der Waals surface area (Å²) < 4.78 is 9.29. The Kier molecular flexibility index (Phi) is 11.9. The largest absolute Gasteiger partial charge is 0.507 e. The van der Waals surface area contributed by atoms with Crippen molar-refractivity contribution >= 4 is 54.5 Å². The fourth-order valence-electron chi connectivity index (χ4n) is 10.6. The van der Waals surface area contributed by atoms with E-state index in [1.54, 1.807) is 0 Å². The molecule has 0 saturated heterocycles. The molecule has 368 valence electrons. The number of benzene rings is 9. The minimum Gasteiger partial charge on any atom is -0.507 e. The van der Waals surface area contributed by atoms with Crippen molar-refractivity contribution < 1.29 is 30.6 Å². The number of fused-ring (bicyclic) bond motifs is 7. The number of aromatic nitrogens is 3. The van der Waals surface area contributed by atoms with Crippen molar-refractivity contribution in [1.29, 1.82) is 0 Å². The summed E-state index contributed by atoms with van der Waals surface area (Å²) in [6.07, 6.45) is 1.88. The molecule has 5 nitrogen and oxygen atoms in total. The number of imidazole rings is 1. The van der Waals surface area contributed by atoms with E-state index < -0.39 is 0 Å². The van der Waals surface area contributed by atoms with Crippen LogP contribution in [-0.4, -0.2) is 19.6 Å². The normalized spacial score (nSPS) is 12.3. The number of phenolic OH excluding ortho intramolecular Hbond substituents is 1. The Balaban J connectivity index is 0.00000588. The monoisotopic (exact) mass is 1140 g/mol. The van der Waals surface area contributed by atoms with Crippen LogP contribution in [0.1, 0.15) is 79.0 Å².